The van der Waals surface area contributed by atoms with Crippen molar-refractivity contribution in [3.63, 3.8) is 0 Å². The van der Waals surface area contributed by atoms with E-state index in [1.807, 2.05) is 37.0 Å². The molecule has 0 bridgehead atoms. The average Bonchev–Trinajstić information content (AvgIpc) is 2.38. The lowest BCUT2D eigenvalue weighted by molar-refractivity contribution is 0.688. The highest BCUT2D eigenvalue weighted by Crippen LogP contribution is 2.09. The van der Waals surface area contributed by atoms with Crippen LogP contribution in [0.2, 0.25) is 0 Å². The molecular formula is C13H23N3S. The zero-order chi connectivity index (χ0) is 12.3. The molecular weight excluding hydrogens is 230 g/mol. The first kappa shape index (κ1) is 14.2. The average molecular weight is 253 g/mol. The van der Waals surface area contributed by atoms with Gasteiger partial charge in [-0.2, -0.15) is 11.8 Å². The van der Waals surface area contributed by atoms with Crippen molar-refractivity contribution >= 4 is 23.4 Å². The molecule has 1 aromatic heterocycles. The third kappa shape index (κ3) is 6.41. The number of anilines is 2. The Labute approximate surface area is 109 Å². The summed E-state index contributed by atoms with van der Waals surface area (Å²) in [5.74, 6) is 3.16. The first-order chi connectivity index (χ1) is 8.36. The van der Waals surface area contributed by atoms with Gasteiger partial charge in [0.2, 0.25) is 0 Å². The summed E-state index contributed by atoms with van der Waals surface area (Å²) in [4.78, 5) is 4.41. The van der Waals surface area contributed by atoms with E-state index in [4.69, 9.17) is 0 Å². The molecule has 1 rings (SSSR count). The molecule has 0 aliphatic heterocycles. The Hall–Kier alpha value is -0.900. The number of nitrogens with one attached hydrogen (secondary N) is 2. The molecule has 17 heavy (non-hydrogen) atoms. The van der Waals surface area contributed by atoms with Crippen molar-refractivity contribution in [2.24, 2.45) is 0 Å². The summed E-state index contributed by atoms with van der Waals surface area (Å²) in [5, 5.41) is 6.39. The van der Waals surface area contributed by atoms with Crippen LogP contribution in [0.1, 0.15) is 25.7 Å². The Morgan fingerprint density at radius 3 is 2.65 bits per heavy atom. The molecule has 0 aliphatic carbocycles. The predicted molar refractivity (Wildman–Crippen MR) is 79.1 cm³/mol. The fraction of sp³-hybridized carbons (Fsp3) is 0.615. The largest absolute Gasteiger partial charge is 0.373 e. The standard InChI is InChI=1S/C13H23N3S/c1-14-12-8-7-9-13(16-12)15-10-5-3-4-6-11-17-2/h7-9H,3-6,10-11H2,1-2H3,(H2,14,15,16). The SMILES string of the molecule is CNc1cccc(NCCCCCCSC)n1. The van der Waals surface area contributed by atoms with Crippen molar-refractivity contribution in [2.75, 3.05) is 36.2 Å². The van der Waals surface area contributed by atoms with E-state index in [1.54, 1.807) is 0 Å². The Morgan fingerprint density at radius 1 is 1.12 bits per heavy atom. The van der Waals surface area contributed by atoms with E-state index in [9.17, 15) is 0 Å². The Kier molecular flexibility index (Phi) is 7.63. The molecule has 4 heteroatoms. The third-order valence-corrected chi connectivity index (χ3v) is 3.28. The summed E-state index contributed by atoms with van der Waals surface area (Å²) < 4.78 is 0. The molecule has 0 aromatic carbocycles. The second-order valence-corrected chi connectivity index (χ2v) is 4.98. The number of thioether (sulfide) groups is 1. The summed E-state index contributed by atoms with van der Waals surface area (Å²) in [6, 6.07) is 5.99. The van der Waals surface area contributed by atoms with Gasteiger partial charge in [-0.1, -0.05) is 18.9 Å². The highest BCUT2D eigenvalue weighted by Gasteiger charge is 1.95. The monoisotopic (exact) mass is 253 g/mol. The molecule has 96 valence electrons. The predicted octanol–water partition coefficient (Wildman–Crippen LogP) is 3.46. The summed E-state index contributed by atoms with van der Waals surface area (Å²) >= 11 is 1.93. The molecule has 0 atom stereocenters. The van der Waals surface area contributed by atoms with Crippen LogP contribution in [0.25, 0.3) is 0 Å². The smallest absolute Gasteiger partial charge is 0.128 e. The van der Waals surface area contributed by atoms with Crippen molar-refractivity contribution in [2.45, 2.75) is 25.7 Å². The van der Waals surface area contributed by atoms with Gasteiger partial charge in [-0.05, 0) is 37.0 Å². The highest BCUT2D eigenvalue weighted by molar-refractivity contribution is 7.98. The number of unbranched alkanes of at least 4 members (excludes halogenated alkanes) is 3. The Balaban J connectivity index is 2.09. The summed E-state index contributed by atoms with van der Waals surface area (Å²) in [6.07, 6.45) is 7.38. The summed E-state index contributed by atoms with van der Waals surface area (Å²) in [5.41, 5.74) is 0. The first-order valence-corrected chi connectivity index (χ1v) is 7.64. The van der Waals surface area contributed by atoms with Gasteiger partial charge in [0.25, 0.3) is 0 Å². The molecule has 0 radical (unpaired) electrons. The minimum absolute atomic E-state index is 0.912. The number of nitrogens with zero attached hydrogens (tertiary/aromatic N) is 1. The van der Waals surface area contributed by atoms with E-state index < -0.39 is 0 Å². The number of hydrogen-bond acceptors (Lipinski definition) is 4. The van der Waals surface area contributed by atoms with Crippen LogP contribution in [0.5, 0.6) is 0 Å². The molecule has 0 unspecified atom stereocenters. The lowest BCUT2D eigenvalue weighted by atomic mass is 10.2. The van der Waals surface area contributed by atoms with Crippen LogP contribution in [0, 0.1) is 0 Å². The quantitative estimate of drug-likeness (QED) is 0.661. The van der Waals surface area contributed by atoms with Crippen LogP contribution in [0.4, 0.5) is 11.6 Å². The van der Waals surface area contributed by atoms with Gasteiger partial charge in [0.1, 0.15) is 11.6 Å². The van der Waals surface area contributed by atoms with Crippen molar-refractivity contribution in [1.29, 1.82) is 0 Å². The van der Waals surface area contributed by atoms with Crippen LogP contribution in [0.3, 0.4) is 0 Å². The second kappa shape index (κ2) is 9.16. The number of rotatable bonds is 9. The molecule has 0 amide bonds. The van der Waals surface area contributed by atoms with E-state index in [0.29, 0.717) is 0 Å². The Morgan fingerprint density at radius 2 is 1.88 bits per heavy atom. The minimum atomic E-state index is 0.912. The van der Waals surface area contributed by atoms with Gasteiger partial charge >= 0.3 is 0 Å². The van der Waals surface area contributed by atoms with Gasteiger partial charge < -0.3 is 10.6 Å². The molecule has 0 saturated carbocycles. The molecule has 1 aromatic rings. The van der Waals surface area contributed by atoms with Gasteiger partial charge in [-0.25, -0.2) is 4.98 Å². The van der Waals surface area contributed by atoms with Gasteiger partial charge in [0, 0.05) is 13.6 Å². The minimum Gasteiger partial charge on any atom is -0.373 e. The summed E-state index contributed by atoms with van der Waals surface area (Å²) in [7, 11) is 1.89. The fourth-order valence-corrected chi connectivity index (χ4v) is 2.11. The van der Waals surface area contributed by atoms with Gasteiger partial charge in [-0.3, -0.25) is 0 Å². The van der Waals surface area contributed by atoms with Gasteiger partial charge in [0.15, 0.2) is 0 Å². The zero-order valence-corrected chi connectivity index (χ0v) is 11.6. The van der Waals surface area contributed by atoms with Crippen LogP contribution in [0.15, 0.2) is 18.2 Å². The fourth-order valence-electron chi connectivity index (χ4n) is 1.61. The molecule has 0 aliphatic rings. The maximum Gasteiger partial charge on any atom is 0.128 e. The third-order valence-electron chi connectivity index (χ3n) is 2.59. The van der Waals surface area contributed by atoms with Gasteiger partial charge in [0.05, 0.1) is 0 Å². The highest BCUT2D eigenvalue weighted by atomic mass is 32.2. The summed E-state index contributed by atoms with van der Waals surface area (Å²) in [6.45, 7) is 1.01. The van der Waals surface area contributed by atoms with E-state index in [2.05, 4.69) is 21.9 Å². The number of aromatic nitrogens is 1. The van der Waals surface area contributed by atoms with E-state index in [0.717, 1.165) is 18.2 Å². The van der Waals surface area contributed by atoms with E-state index in [-0.39, 0.29) is 0 Å². The van der Waals surface area contributed by atoms with Crippen LogP contribution in [-0.2, 0) is 0 Å². The molecule has 3 nitrogen and oxygen atoms in total. The number of hydrogen-bond donors (Lipinski definition) is 2. The van der Waals surface area contributed by atoms with Crippen molar-refractivity contribution in [1.82, 2.24) is 4.98 Å². The Bertz CT molecular complexity index is 304. The molecule has 0 spiro atoms. The molecule has 1 heterocycles. The maximum absolute atomic E-state index is 4.41. The lowest BCUT2D eigenvalue weighted by Crippen LogP contribution is -2.04. The lowest BCUT2D eigenvalue weighted by Gasteiger charge is -2.07. The zero-order valence-electron chi connectivity index (χ0n) is 10.8. The molecule has 0 saturated heterocycles. The van der Waals surface area contributed by atoms with Crippen molar-refractivity contribution in [3.05, 3.63) is 18.2 Å². The topological polar surface area (TPSA) is 37.0 Å². The van der Waals surface area contributed by atoms with Crippen molar-refractivity contribution < 1.29 is 0 Å². The van der Waals surface area contributed by atoms with E-state index >= 15 is 0 Å². The number of pyridine rings is 1. The van der Waals surface area contributed by atoms with E-state index in [1.165, 1.54) is 31.4 Å². The normalized spacial score (nSPS) is 10.2. The molecule has 0 fully saturated rings. The van der Waals surface area contributed by atoms with Crippen LogP contribution in [-0.4, -0.2) is 30.6 Å². The second-order valence-electron chi connectivity index (χ2n) is 3.99. The van der Waals surface area contributed by atoms with Crippen LogP contribution >= 0.6 is 11.8 Å². The van der Waals surface area contributed by atoms with Crippen molar-refractivity contribution in [3.8, 4) is 0 Å². The van der Waals surface area contributed by atoms with Crippen LogP contribution < -0.4 is 10.6 Å². The van der Waals surface area contributed by atoms with Gasteiger partial charge in [-0.15, -0.1) is 0 Å². The maximum atomic E-state index is 4.41. The first-order valence-electron chi connectivity index (χ1n) is 6.24. The molecule has 2 N–H and O–H groups in total.